The number of nitrogens with zero attached hydrogens (tertiary/aromatic N) is 1. The third-order valence-electron chi connectivity index (χ3n) is 2.88. The third kappa shape index (κ3) is 4.04. The molecule has 1 unspecified atom stereocenters. The van der Waals surface area contributed by atoms with Gasteiger partial charge in [0.15, 0.2) is 0 Å². The largest absolute Gasteiger partial charge is 0.506 e. The molecule has 0 amide bonds. The SMILES string of the molecule is Cc1ncc(CO[PH](=O)Oc2ccccc2)c(CO)c1O. The second-order valence-electron chi connectivity index (χ2n) is 4.31. The van der Waals surface area contributed by atoms with Crippen molar-refractivity contribution in [2.75, 3.05) is 0 Å². The first-order valence-electron chi connectivity index (χ1n) is 6.28. The summed E-state index contributed by atoms with van der Waals surface area (Å²) in [7, 11) is -2.73. The predicted molar refractivity (Wildman–Crippen MR) is 77.4 cm³/mol. The molecular weight excluding hydrogens is 293 g/mol. The Morgan fingerprint density at radius 3 is 2.67 bits per heavy atom. The Balaban J connectivity index is 2.00. The van der Waals surface area contributed by atoms with Gasteiger partial charge in [-0.15, -0.1) is 0 Å². The van der Waals surface area contributed by atoms with Crippen LogP contribution in [0, 0.1) is 6.92 Å². The lowest BCUT2D eigenvalue weighted by molar-refractivity contribution is 0.255. The van der Waals surface area contributed by atoms with E-state index in [0.717, 1.165) is 0 Å². The molecule has 1 atom stereocenters. The lowest BCUT2D eigenvalue weighted by atomic mass is 10.1. The first-order valence-corrected chi connectivity index (χ1v) is 7.51. The fraction of sp³-hybridized carbons (Fsp3) is 0.214. The fourth-order valence-corrected chi connectivity index (χ4v) is 2.40. The molecule has 0 aliphatic heterocycles. The Bertz CT molecular complexity index is 633. The van der Waals surface area contributed by atoms with E-state index in [9.17, 15) is 14.8 Å². The van der Waals surface area contributed by atoms with Crippen molar-refractivity contribution < 1.29 is 23.8 Å². The minimum Gasteiger partial charge on any atom is -0.506 e. The summed E-state index contributed by atoms with van der Waals surface area (Å²) in [4.78, 5) is 3.98. The van der Waals surface area contributed by atoms with Crippen molar-refractivity contribution in [3.63, 3.8) is 0 Å². The van der Waals surface area contributed by atoms with Gasteiger partial charge in [0.05, 0.1) is 18.9 Å². The summed E-state index contributed by atoms with van der Waals surface area (Å²) in [6.07, 6.45) is 1.47. The van der Waals surface area contributed by atoms with Crippen LogP contribution in [0.5, 0.6) is 11.5 Å². The Morgan fingerprint density at radius 2 is 2.00 bits per heavy atom. The molecule has 112 valence electrons. The number of aliphatic hydroxyl groups is 1. The molecule has 0 aliphatic carbocycles. The van der Waals surface area contributed by atoms with Gasteiger partial charge in [-0.05, 0) is 19.1 Å². The first-order chi connectivity index (χ1) is 10.1. The second kappa shape index (κ2) is 7.22. The van der Waals surface area contributed by atoms with E-state index in [2.05, 4.69) is 4.98 Å². The van der Waals surface area contributed by atoms with Crippen LogP contribution in [0.1, 0.15) is 16.8 Å². The third-order valence-corrected chi connectivity index (χ3v) is 3.66. The molecule has 0 bridgehead atoms. The van der Waals surface area contributed by atoms with E-state index in [1.807, 2.05) is 6.07 Å². The van der Waals surface area contributed by atoms with Gasteiger partial charge in [0.2, 0.25) is 0 Å². The van der Waals surface area contributed by atoms with Crippen molar-refractivity contribution in [2.45, 2.75) is 20.1 Å². The molecule has 1 aromatic heterocycles. The lowest BCUT2D eigenvalue weighted by Gasteiger charge is -2.11. The van der Waals surface area contributed by atoms with Gasteiger partial charge < -0.3 is 14.7 Å². The molecule has 2 rings (SSSR count). The molecule has 0 fully saturated rings. The molecule has 7 heteroatoms. The van der Waals surface area contributed by atoms with Crippen molar-refractivity contribution >= 4 is 8.25 Å². The van der Waals surface area contributed by atoms with Gasteiger partial charge in [-0.25, -0.2) is 4.57 Å². The maximum Gasteiger partial charge on any atom is 0.368 e. The second-order valence-corrected chi connectivity index (χ2v) is 5.30. The van der Waals surface area contributed by atoms with Gasteiger partial charge in [0, 0.05) is 17.3 Å². The van der Waals surface area contributed by atoms with Crippen molar-refractivity contribution in [3.05, 3.63) is 53.3 Å². The van der Waals surface area contributed by atoms with Crippen LogP contribution in [0.4, 0.5) is 0 Å². The van der Waals surface area contributed by atoms with Crippen molar-refractivity contribution in [2.24, 2.45) is 0 Å². The number of aryl methyl sites for hydroxylation is 1. The van der Waals surface area contributed by atoms with E-state index >= 15 is 0 Å². The number of para-hydroxylation sites is 1. The Morgan fingerprint density at radius 1 is 1.29 bits per heavy atom. The highest BCUT2D eigenvalue weighted by Crippen LogP contribution is 2.31. The monoisotopic (exact) mass is 309 g/mol. The molecule has 21 heavy (non-hydrogen) atoms. The van der Waals surface area contributed by atoms with Gasteiger partial charge in [-0.3, -0.25) is 9.51 Å². The summed E-state index contributed by atoms with van der Waals surface area (Å²) < 4.78 is 22.0. The van der Waals surface area contributed by atoms with Crippen molar-refractivity contribution in [1.29, 1.82) is 0 Å². The molecule has 0 spiro atoms. The van der Waals surface area contributed by atoms with E-state index in [1.165, 1.54) is 6.20 Å². The van der Waals surface area contributed by atoms with Gasteiger partial charge in [-0.1, -0.05) is 18.2 Å². The average Bonchev–Trinajstić information content (AvgIpc) is 2.49. The normalized spacial score (nSPS) is 12.1. The van der Waals surface area contributed by atoms with E-state index in [0.29, 0.717) is 22.6 Å². The molecule has 0 saturated heterocycles. The zero-order chi connectivity index (χ0) is 15.2. The molecule has 0 saturated carbocycles. The van der Waals surface area contributed by atoms with Gasteiger partial charge in [0.25, 0.3) is 0 Å². The Hall–Kier alpha value is -1.88. The summed E-state index contributed by atoms with van der Waals surface area (Å²) in [6, 6.07) is 8.68. The number of hydrogen-bond acceptors (Lipinski definition) is 6. The topological polar surface area (TPSA) is 88.9 Å². The van der Waals surface area contributed by atoms with Gasteiger partial charge in [0.1, 0.15) is 11.5 Å². The minimum atomic E-state index is -2.73. The number of aliphatic hydroxyl groups excluding tert-OH is 1. The highest BCUT2D eigenvalue weighted by Gasteiger charge is 2.12. The Kier molecular flexibility index (Phi) is 5.33. The molecule has 1 aromatic carbocycles. The summed E-state index contributed by atoms with van der Waals surface area (Å²) in [6.45, 7) is 1.20. The molecule has 6 nitrogen and oxygen atoms in total. The van der Waals surface area contributed by atoms with Crippen LogP contribution in [-0.4, -0.2) is 15.2 Å². The van der Waals surface area contributed by atoms with Gasteiger partial charge >= 0.3 is 8.25 Å². The maximum atomic E-state index is 11.7. The summed E-state index contributed by atoms with van der Waals surface area (Å²) >= 11 is 0. The van der Waals surface area contributed by atoms with E-state index < -0.39 is 8.25 Å². The van der Waals surface area contributed by atoms with Crippen LogP contribution >= 0.6 is 8.25 Å². The number of hydrogen-bond donors (Lipinski definition) is 2. The quantitative estimate of drug-likeness (QED) is 0.797. The summed E-state index contributed by atoms with van der Waals surface area (Å²) in [5, 5.41) is 19.1. The highest BCUT2D eigenvalue weighted by molar-refractivity contribution is 7.33. The predicted octanol–water partition coefficient (Wildman–Crippen LogP) is 2.57. The van der Waals surface area contributed by atoms with Crippen LogP contribution in [0.15, 0.2) is 36.5 Å². The van der Waals surface area contributed by atoms with Crippen molar-refractivity contribution in [3.8, 4) is 11.5 Å². The van der Waals surface area contributed by atoms with Gasteiger partial charge in [-0.2, -0.15) is 0 Å². The van der Waals surface area contributed by atoms with Crippen molar-refractivity contribution in [1.82, 2.24) is 4.98 Å². The molecule has 1 heterocycles. The molecule has 2 aromatic rings. The fourth-order valence-electron chi connectivity index (χ4n) is 1.74. The van der Waals surface area contributed by atoms with E-state index in [1.54, 1.807) is 31.2 Å². The number of pyridine rings is 1. The summed E-state index contributed by atoms with van der Waals surface area (Å²) in [5.74, 6) is 0.371. The van der Waals surface area contributed by atoms with Crippen LogP contribution in [0.3, 0.4) is 0 Å². The molecule has 0 aliphatic rings. The van der Waals surface area contributed by atoms with Crippen LogP contribution in [0.2, 0.25) is 0 Å². The van der Waals surface area contributed by atoms with E-state index in [4.69, 9.17) is 9.05 Å². The average molecular weight is 309 g/mol. The lowest BCUT2D eigenvalue weighted by Crippen LogP contribution is -2.00. The zero-order valence-corrected chi connectivity index (χ0v) is 12.4. The molecular formula is C14H16NO5P. The smallest absolute Gasteiger partial charge is 0.368 e. The molecule has 0 radical (unpaired) electrons. The Labute approximate surface area is 122 Å². The molecule has 2 N–H and O–H groups in total. The van der Waals surface area contributed by atoms with Crippen LogP contribution in [0.25, 0.3) is 0 Å². The number of aromatic hydroxyl groups is 1. The zero-order valence-electron chi connectivity index (χ0n) is 11.4. The van der Waals surface area contributed by atoms with Crippen LogP contribution < -0.4 is 4.52 Å². The number of aromatic nitrogens is 1. The highest BCUT2D eigenvalue weighted by atomic mass is 31.1. The standard InChI is InChI=1S/C14H16NO5P/c1-10-14(17)13(8-16)11(7-15-10)9-19-21(18)20-12-5-3-2-4-6-12/h2-7,16-17,21H,8-9H2,1H3. The number of benzene rings is 1. The van der Waals surface area contributed by atoms with E-state index in [-0.39, 0.29) is 19.0 Å². The number of rotatable bonds is 6. The summed E-state index contributed by atoms with van der Waals surface area (Å²) in [5.41, 5.74) is 1.20. The maximum absolute atomic E-state index is 11.7. The first kappa shape index (κ1) is 15.5. The van der Waals surface area contributed by atoms with Crippen LogP contribution in [-0.2, 0) is 22.3 Å². The minimum absolute atomic E-state index is 0.0681.